The highest BCUT2D eigenvalue weighted by molar-refractivity contribution is 6.35. The fourth-order valence-corrected chi connectivity index (χ4v) is 4.72. The van der Waals surface area contributed by atoms with Crippen molar-refractivity contribution in [2.24, 2.45) is 0 Å². The van der Waals surface area contributed by atoms with Crippen LogP contribution in [0, 0.1) is 0 Å². The number of anilines is 1. The van der Waals surface area contributed by atoms with Crippen LogP contribution in [0.2, 0.25) is 0 Å². The summed E-state index contributed by atoms with van der Waals surface area (Å²) in [5.41, 5.74) is 8.78. The van der Waals surface area contributed by atoms with Gasteiger partial charge in [-0.2, -0.15) is 0 Å². The van der Waals surface area contributed by atoms with E-state index in [1.807, 2.05) is 6.07 Å². The summed E-state index contributed by atoms with van der Waals surface area (Å²) in [5, 5.41) is 10.5. The van der Waals surface area contributed by atoms with Crippen molar-refractivity contribution in [1.82, 2.24) is 0 Å². The molecule has 0 unspecified atom stereocenters. The second-order valence-electron chi connectivity index (χ2n) is 7.79. The van der Waals surface area contributed by atoms with Gasteiger partial charge in [-0.1, -0.05) is 80.8 Å². The van der Waals surface area contributed by atoms with E-state index >= 15 is 0 Å². The van der Waals surface area contributed by atoms with E-state index in [1.54, 1.807) is 0 Å². The van der Waals surface area contributed by atoms with Crippen molar-refractivity contribution in [3.8, 4) is 0 Å². The molecular formula is C26H25N. The maximum atomic E-state index is 6.46. The highest BCUT2D eigenvalue weighted by Gasteiger charge is 2.15. The molecule has 0 amide bonds. The first kappa shape index (κ1) is 16.4. The zero-order valence-electron chi connectivity index (χ0n) is 15.9. The molecule has 1 nitrogen and oxygen atoms in total. The lowest BCUT2D eigenvalue weighted by Crippen LogP contribution is -1.94. The van der Waals surface area contributed by atoms with E-state index in [0.29, 0.717) is 0 Å². The molecule has 0 saturated heterocycles. The van der Waals surface area contributed by atoms with Crippen molar-refractivity contribution in [2.75, 3.05) is 5.73 Å². The topological polar surface area (TPSA) is 26.0 Å². The second kappa shape index (κ2) is 6.42. The van der Waals surface area contributed by atoms with E-state index in [0.717, 1.165) is 12.1 Å². The number of nitrogens with two attached hydrogens (primary N) is 1. The standard InChI is InChI=1S/C26H25N/c1-2-3-4-5-8-17-15-19-10-7-12-21-24(19)22(16-17)20-11-6-9-18-13-14-23(27)26(21)25(18)20/h6-7,9-16H,2-5,8,27H2,1H3. The summed E-state index contributed by atoms with van der Waals surface area (Å²) in [5.74, 6) is 0. The van der Waals surface area contributed by atoms with Crippen LogP contribution in [0.4, 0.5) is 5.69 Å². The van der Waals surface area contributed by atoms with E-state index in [9.17, 15) is 0 Å². The van der Waals surface area contributed by atoms with E-state index in [4.69, 9.17) is 5.73 Å². The molecule has 0 aromatic heterocycles. The van der Waals surface area contributed by atoms with Crippen molar-refractivity contribution in [3.63, 3.8) is 0 Å². The van der Waals surface area contributed by atoms with Crippen LogP contribution in [-0.2, 0) is 6.42 Å². The lowest BCUT2D eigenvalue weighted by atomic mass is 9.87. The lowest BCUT2D eigenvalue weighted by Gasteiger charge is -2.17. The van der Waals surface area contributed by atoms with Crippen LogP contribution in [0.5, 0.6) is 0 Å². The van der Waals surface area contributed by atoms with Crippen LogP contribution in [0.25, 0.3) is 43.1 Å². The summed E-state index contributed by atoms with van der Waals surface area (Å²) in [6.45, 7) is 2.27. The van der Waals surface area contributed by atoms with Gasteiger partial charge in [0.05, 0.1) is 0 Å². The minimum absolute atomic E-state index is 0.872. The molecule has 5 aromatic rings. The first-order chi connectivity index (χ1) is 13.3. The first-order valence-corrected chi connectivity index (χ1v) is 10.2. The molecule has 5 rings (SSSR count). The Labute approximate surface area is 160 Å². The van der Waals surface area contributed by atoms with Crippen molar-refractivity contribution in [2.45, 2.75) is 39.0 Å². The van der Waals surface area contributed by atoms with Crippen LogP contribution < -0.4 is 5.73 Å². The predicted molar refractivity (Wildman–Crippen MR) is 120 cm³/mol. The molecule has 0 aliphatic carbocycles. The van der Waals surface area contributed by atoms with E-state index in [2.05, 4.69) is 61.5 Å². The molecule has 0 atom stereocenters. The summed E-state index contributed by atoms with van der Waals surface area (Å²) in [6, 6.07) is 22.3. The van der Waals surface area contributed by atoms with Gasteiger partial charge in [0.15, 0.2) is 0 Å². The summed E-state index contributed by atoms with van der Waals surface area (Å²) >= 11 is 0. The number of hydrogen-bond donors (Lipinski definition) is 1. The van der Waals surface area contributed by atoms with Gasteiger partial charge in [0.25, 0.3) is 0 Å². The molecule has 27 heavy (non-hydrogen) atoms. The van der Waals surface area contributed by atoms with Gasteiger partial charge in [0.1, 0.15) is 0 Å². The highest BCUT2D eigenvalue weighted by atomic mass is 14.6. The van der Waals surface area contributed by atoms with E-state index in [-0.39, 0.29) is 0 Å². The van der Waals surface area contributed by atoms with Crippen LogP contribution in [0.1, 0.15) is 38.2 Å². The molecule has 134 valence electrons. The lowest BCUT2D eigenvalue weighted by molar-refractivity contribution is 0.667. The molecule has 0 aliphatic heterocycles. The first-order valence-electron chi connectivity index (χ1n) is 10.2. The number of aryl methyl sites for hydroxylation is 1. The molecule has 0 fully saturated rings. The Bertz CT molecular complexity index is 1270. The number of hydrogen-bond acceptors (Lipinski definition) is 1. The zero-order chi connectivity index (χ0) is 18.4. The van der Waals surface area contributed by atoms with Crippen LogP contribution in [0.15, 0.2) is 60.7 Å². The third-order valence-electron chi connectivity index (χ3n) is 5.99. The predicted octanol–water partition coefficient (Wildman–Crippen LogP) is 7.44. The molecule has 0 saturated carbocycles. The summed E-state index contributed by atoms with van der Waals surface area (Å²) < 4.78 is 0. The Morgan fingerprint density at radius 2 is 1.48 bits per heavy atom. The molecule has 1 heteroatoms. The van der Waals surface area contributed by atoms with Gasteiger partial charge < -0.3 is 5.73 Å². The molecule has 2 N–H and O–H groups in total. The number of unbranched alkanes of at least 4 members (excludes halogenated alkanes) is 3. The number of fused-ring (bicyclic) bond motifs is 2. The SMILES string of the molecule is CCCCCCc1cc2cccc3c4c(N)ccc5cccc(c(c1)c23)c54. The minimum atomic E-state index is 0.872. The zero-order valence-corrected chi connectivity index (χ0v) is 15.9. The van der Waals surface area contributed by atoms with E-state index in [1.165, 1.54) is 74.3 Å². The molecule has 0 spiro atoms. The Balaban J connectivity index is 1.85. The fourth-order valence-electron chi connectivity index (χ4n) is 4.72. The van der Waals surface area contributed by atoms with Crippen molar-refractivity contribution < 1.29 is 0 Å². The second-order valence-corrected chi connectivity index (χ2v) is 7.79. The third-order valence-corrected chi connectivity index (χ3v) is 5.99. The van der Waals surface area contributed by atoms with Crippen molar-refractivity contribution in [1.29, 1.82) is 0 Å². The largest absolute Gasteiger partial charge is 0.398 e. The smallest absolute Gasteiger partial charge is 0.0400 e. The van der Waals surface area contributed by atoms with Gasteiger partial charge in [-0.3, -0.25) is 0 Å². The molecule has 0 aliphatic rings. The summed E-state index contributed by atoms with van der Waals surface area (Å²) in [7, 11) is 0. The highest BCUT2D eigenvalue weighted by Crippen LogP contribution is 2.42. The van der Waals surface area contributed by atoms with E-state index < -0.39 is 0 Å². The fraction of sp³-hybridized carbons (Fsp3) is 0.231. The van der Waals surface area contributed by atoms with Gasteiger partial charge in [-0.25, -0.2) is 0 Å². The molecule has 0 radical (unpaired) electrons. The molecule has 0 heterocycles. The molecule has 5 aromatic carbocycles. The Hall–Kier alpha value is -2.80. The van der Waals surface area contributed by atoms with Gasteiger partial charge in [-0.15, -0.1) is 0 Å². The quantitative estimate of drug-likeness (QED) is 0.151. The van der Waals surface area contributed by atoms with Gasteiger partial charge in [0, 0.05) is 11.1 Å². The Morgan fingerprint density at radius 1 is 0.667 bits per heavy atom. The van der Waals surface area contributed by atoms with Crippen molar-refractivity contribution in [3.05, 3.63) is 66.2 Å². The summed E-state index contributed by atoms with van der Waals surface area (Å²) in [6.07, 6.45) is 6.36. The molecule has 0 bridgehead atoms. The van der Waals surface area contributed by atoms with Crippen LogP contribution in [-0.4, -0.2) is 0 Å². The number of nitrogen functional groups attached to an aromatic ring is 1. The monoisotopic (exact) mass is 351 g/mol. The van der Waals surface area contributed by atoms with Gasteiger partial charge >= 0.3 is 0 Å². The van der Waals surface area contributed by atoms with Gasteiger partial charge in [0.2, 0.25) is 0 Å². The summed E-state index contributed by atoms with van der Waals surface area (Å²) in [4.78, 5) is 0. The maximum Gasteiger partial charge on any atom is 0.0400 e. The Kier molecular flexibility index (Phi) is 3.89. The van der Waals surface area contributed by atoms with Crippen LogP contribution >= 0.6 is 0 Å². The van der Waals surface area contributed by atoms with Crippen molar-refractivity contribution >= 4 is 48.8 Å². The van der Waals surface area contributed by atoms with Crippen LogP contribution in [0.3, 0.4) is 0 Å². The third kappa shape index (κ3) is 2.53. The number of benzene rings is 5. The normalized spacial score (nSPS) is 12.0. The Morgan fingerprint density at radius 3 is 2.33 bits per heavy atom. The number of rotatable bonds is 5. The average molecular weight is 351 g/mol. The minimum Gasteiger partial charge on any atom is -0.398 e. The maximum absolute atomic E-state index is 6.46. The van der Waals surface area contributed by atoms with Gasteiger partial charge in [-0.05, 0) is 62.2 Å². The average Bonchev–Trinajstić information content (AvgIpc) is 2.70. The molecular weight excluding hydrogens is 326 g/mol.